The van der Waals surface area contributed by atoms with E-state index in [1.54, 1.807) is 0 Å². The van der Waals surface area contributed by atoms with Gasteiger partial charge >= 0.3 is 0 Å². The number of anilines is 6. The second-order valence-corrected chi connectivity index (χ2v) is 14.1. The Morgan fingerprint density at radius 2 is 0.765 bits per heavy atom. The van der Waals surface area contributed by atoms with Crippen molar-refractivity contribution in [2.75, 3.05) is 9.80 Å². The van der Waals surface area contributed by atoms with Gasteiger partial charge < -0.3 is 9.80 Å². The van der Waals surface area contributed by atoms with Crippen LogP contribution >= 0.6 is 0 Å². The number of benzene rings is 7. The minimum Gasteiger partial charge on any atom is -0.311 e. The Kier molecular flexibility index (Phi) is 8.37. The van der Waals surface area contributed by atoms with E-state index in [9.17, 15) is 0 Å². The Morgan fingerprint density at radius 1 is 0.373 bits per heavy atom. The lowest BCUT2D eigenvalue weighted by atomic mass is 9.82. The van der Waals surface area contributed by atoms with Crippen LogP contribution in [0.4, 0.5) is 34.1 Å². The molecule has 0 saturated carbocycles. The Balaban J connectivity index is 1.06. The maximum atomic E-state index is 2.39. The van der Waals surface area contributed by atoms with Gasteiger partial charge in [0.05, 0.1) is 0 Å². The summed E-state index contributed by atoms with van der Waals surface area (Å²) in [6.45, 7) is 8.93. The standard InChI is InChI=1S/C49H42N2/c1-35-14-24-40(25-15-35)50(41-26-16-36(2)17-27-41)42-28-20-37(21-29-42)18-19-38-22-30-43(31-23-38)51(39-10-6-5-7-11-39)44-32-33-46-45-12-8-9-13-47(45)49(3,4)48(46)34-44/h5-34H,1-4H3/b19-18+. The summed E-state index contributed by atoms with van der Waals surface area (Å²) in [6, 6.07) is 61.6. The number of nitrogens with zero attached hydrogens (tertiary/aromatic N) is 2. The first kappa shape index (κ1) is 32.1. The summed E-state index contributed by atoms with van der Waals surface area (Å²) in [6.07, 6.45) is 4.38. The van der Waals surface area contributed by atoms with Crippen molar-refractivity contribution < 1.29 is 0 Å². The molecule has 1 aliphatic rings. The molecule has 2 heteroatoms. The number of hydrogen-bond acceptors (Lipinski definition) is 2. The highest BCUT2D eigenvalue weighted by Crippen LogP contribution is 2.50. The Labute approximate surface area is 302 Å². The molecular weight excluding hydrogens is 617 g/mol. The minimum absolute atomic E-state index is 0.0588. The van der Waals surface area contributed by atoms with Crippen LogP contribution < -0.4 is 9.80 Å². The van der Waals surface area contributed by atoms with Crippen LogP contribution in [0.5, 0.6) is 0 Å². The highest BCUT2D eigenvalue weighted by atomic mass is 15.1. The van der Waals surface area contributed by atoms with E-state index in [4.69, 9.17) is 0 Å². The molecule has 0 aliphatic heterocycles. The molecule has 0 fully saturated rings. The molecule has 248 valence electrons. The SMILES string of the molecule is Cc1ccc(N(c2ccc(C)cc2)c2ccc(/C=C/c3ccc(N(c4ccccc4)c4ccc5c(c4)C(C)(C)c4ccccc4-5)cc3)cc2)cc1. The van der Waals surface area contributed by atoms with Gasteiger partial charge in [-0.2, -0.15) is 0 Å². The van der Waals surface area contributed by atoms with E-state index < -0.39 is 0 Å². The predicted octanol–water partition coefficient (Wildman–Crippen LogP) is 13.7. The minimum atomic E-state index is -0.0588. The second-order valence-electron chi connectivity index (χ2n) is 14.1. The van der Waals surface area contributed by atoms with Crippen LogP contribution in [-0.2, 0) is 5.41 Å². The third-order valence-corrected chi connectivity index (χ3v) is 10.2. The van der Waals surface area contributed by atoms with Crippen LogP contribution in [0, 0.1) is 13.8 Å². The maximum Gasteiger partial charge on any atom is 0.0465 e. The van der Waals surface area contributed by atoms with Crippen molar-refractivity contribution in [1.29, 1.82) is 0 Å². The molecule has 0 radical (unpaired) electrons. The smallest absolute Gasteiger partial charge is 0.0465 e. The van der Waals surface area contributed by atoms with Gasteiger partial charge in [0, 0.05) is 39.5 Å². The van der Waals surface area contributed by atoms with Gasteiger partial charge in [0.1, 0.15) is 0 Å². The van der Waals surface area contributed by atoms with Crippen LogP contribution in [0.2, 0.25) is 0 Å². The van der Waals surface area contributed by atoms with Gasteiger partial charge in [-0.05, 0) is 120 Å². The van der Waals surface area contributed by atoms with Gasteiger partial charge in [-0.15, -0.1) is 0 Å². The monoisotopic (exact) mass is 658 g/mol. The first-order valence-electron chi connectivity index (χ1n) is 17.8. The summed E-state index contributed by atoms with van der Waals surface area (Å²) in [7, 11) is 0. The van der Waals surface area contributed by atoms with Crippen LogP contribution in [0.3, 0.4) is 0 Å². The van der Waals surface area contributed by atoms with Crippen LogP contribution in [0.25, 0.3) is 23.3 Å². The Hall–Kier alpha value is -6.12. The van der Waals surface area contributed by atoms with Gasteiger partial charge in [-0.3, -0.25) is 0 Å². The summed E-state index contributed by atoms with van der Waals surface area (Å²) in [5.41, 5.74) is 17.0. The quantitative estimate of drug-likeness (QED) is 0.150. The highest BCUT2D eigenvalue weighted by Gasteiger charge is 2.35. The number of hydrogen-bond donors (Lipinski definition) is 0. The number of fused-ring (bicyclic) bond motifs is 3. The number of aryl methyl sites for hydroxylation is 2. The van der Waals surface area contributed by atoms with Gasteiger partial charge in [-0.1, -0.05) is 134 Å². The van der Waals surface area contributed by atoms with Gasteiger partial charge in [0.15, 0.2) is 0 Å². The fourth-order valence-corrected chi connectivity index (χ4v) is 7.35. The molecule has 8 rings (SSSR count). The molecule has 7 aromatic carbocycles. The molecule has 0 aromatic heterocycles. The fourth-order valence-electron chi connectivity index (χ4n) is 7.35. The van der Waals surface area contributed by atoms with Crippen molar-refractivity contribution in [3.8, 4) is 11.1 Å². The van der Waals surface area contributed by atoms with Crippen molar-refractivity contribution in [1.82, 2.24) is 0 Å². The molecule has 0 saturated heterocycles. The first-order chi connectivity index (χ1) is 24.8. The zero-order valence-electron chi connectivity index (χ0n) is 29.7. The number of rotatable bonds is 8. The Morgan fingerprint density at radius 3 is 1.29 bits per heavy atom. The van der Waals surface area contributed by atoms with Gasteiger partial charge in [-0.25, -0.2) is 0 Å². The molecule has 51 heavy (non-hydrogen) atoms. The zero-order valence-corrected chi connectivity index (χ0v) is 29.7. The molecule has 0 atom stereocenters. The predicted molar refractivity (Wildman–Crippen MR) is 218 cm³/mol. The molecule has 0 bridgehead atoms. The first-order valence-corrected chi connectivity index (χ1v) is 17.8. The lowest BCUT2D eigenvalue weighted by Crippen LogP contribution is -2.16. The summed E-state index contributed by atoms with van der Waals surface area (Å²) in [5, 5.41) is 0. The van der Waals surface area contributed by atoms with Gasteiger partial charge in [0.2, 0.25) is 0 Å². The lowest BCUT2D eigenvalue weighted by molar-refractivity contribution is 0.660. The van der Waals surface area contributed by atoms with E-state index >= 15 is 0 Å². The van der Waals surface area contributed by atoms with Crippen molar-refractivity contribution >= 4 is 46.3 Å². The van der Waals surface area contributed by atoms with E-state index in [2.05, 4.69) is 220 Å². The summed E-state index contributed by atoms with van der Waals surface area (Å²) in [5.74, 6) is 0. The Bertz CT molecular complexity index is 2270. The zero-order chi connectivity index (χ0) is 35.0. The lowest BCUT2D eigenvalue weighted by Gasteiger charge is -2.28. The molecule has 0 N–H and O–H groups in total. The van der Waals surface area contributed by atoms with E-state index in [1.165, 1.54) is 33.4 Å². The average molecular weight is 659 g/mol. The topological polar surface area (TPSA) is 6.48 Å². The van der Waals surface area contributed by atoms with Crippen molar-refractivity contribution in [3.05, 3.63) is 203 Å². The molecule has 0 spiro atoms. The van der Waals surface area contributed by atoms with Crippen molar-refractivity contribution in [3.63, 3.8) is 0 Å². The number of para-hydroxylation sites is 1. The molecule has 0 unspecified atom stereocenters. The summed E-state index contributed by atoms with van der Waals surface area (Å²) in [4.78, 5) is 4.67. The summed E-state index contributed by atoms with van der Waals surface area (Å²) >= 11 is 0. The largest absolute Gasteiger partial charge is 0.311 e. The molecule has 0 heterocycles. The molecule has 7 aromatic rings. The highest BCUT2D eigenvalue weighted by molar-refractivity contribution is 5.86. The van der Waals surface area contributed by atoms with Crippen LogP contribution in [0.1, 0.15) is 47.2 Å². The van der Waals surface area contributed by atoms with E-state index in [0.29, 0.717) is 0 Å². The van der Waals surface area contributed by atoms with E-state index in [0.717, 1.165) is 45.3 Å². The molecule has 0 amide bonds. The van der Waals surface area contributed by atoms with Crippen LogP contribution in [0.15, 0.2) is 170 Å². The second kappa shape index (κ2) is 13.3. The maximum absolute atomic E-state index is 2.39. The third kappa shape index (κ3) is 6.26. The molecule has 1 aliphatic carbocycles. The summed E-state index contributed by atoms with van der Waals surface area (Å²) < 4.78 is 0. The third-order valence-electron chi connectivity index (χ3n) is 10.2. The van der Waals surface area contributed by atoms with Crippen molar-refractivity contribution in [2.45, 2.75) is 33.1 Å². The molecular formula is C49H42N2. The van der Waals surface area contributed by atoms with E-state index in [1.807, 2.05) is 0 Å². The van der Waals surface area contributed by atoms with Crippen molar-refractivity contribution in [2.24, 2.45) is 0 Å². The molecule has 2 nitrogen and oxygen atoms in total. The van der Waals surface area contributed by atoms with E-state index in [-0.39, 0.29) is 5.41 Å². The average Bonchev–Trinajstić information content (AvgIpc) is 3.39. The van der Waals surface area contributed by atoms with Gasteiger partial charge in [0.25, 0.3) is 0 Å². The van der Waals surface area contributed by atoms with Crippen LogP contribution in [-0.4, -0.2) is 0 Å². The normalized spacial score (nSPS) is 12.8. The fraction of sp³-hybridized carbons (Fsp3) is 0.102.